The van der Waals surface area contributed by atoms with Gasteiger partial charge in [-0.25, -0.2) is 0 Å². The lowest BCUT2D eigenvalue weighted by molar-refractivity contribution is 0.126. The molecular formula is C18H31N3. The van der Waals surface area contributed by atoms with Crippen molar-refractivity contribution in [2.45, 2.75) is 44.7 Å². The summed E-state index contributed by atoms with van der Waals surface area (Å²) in [6.45, 7) is 7.50. The van der Waals surface area contributed by atoms with E-state index in [2.05, 4.69) is 54.1 Å². The average molecular weight is 289 g/mol. The molecule has 1 aromatic rings. The van der Waals surface area contributed by atoms with Crippen molar-refractivity contribution in [3.05, 3.63) is 35.9 Å². The van der Waals surface area contributed by atoms with E-state index in [1.165, 1.54) is 37.8 Å². The van der Waals surface area contributed by atoms with Crippen LogP contribution in [0, 0.1) is 0 Å². The maximum atomic E-state index is 6.16. The van der Waals surface area contributed by atoms with Crippen LogP contribution in [0.4, 0.5) is 0 Å². The maximum absolute atomic E-state index is 6.16. The molecule has 3 heteroatoms. The summed E-state index contributed by atoms with van der Waals surface area (Å²) in [5.74, 6) is 0. The highest BCUT2D eigenvalue weighted by Crippen LogP contribution is 2.27. The molecule has 1 fully saturated rings. The van der Waals surface area contributed by atoms with E-state index in [-0.39, 0.29) is 5.54 Å². The van der Waals surface area contributed by atoms with E-state index >= 15 is 0 Å². The summed E-state index contributed by atoms with van der Waals surface area (Å²) in [6, 6.07) is 10.8. The summed E-state index contributed by atoms with van der Waals surface area (Å²) < 4.78 is 0. The molecule has 1 saturated heterocycles. The van der Waals surface area contributed by atoms with Crippen LogP contribution in [0.25, 0.3) is 0 Å². The molecule has 1 unspecified atom stereocenters. The van der Waals surface area contributed by atoms with Crippen molar-refractivity contribution in [2.75, 3.05) is 33.2 Å². The fraction of sp³-hybridized carbons (Fsp3) is 0.667. The molecule has 2 rings (SSSR count). The minimum absolute atomic E-state index is 0.183. The predicted octanol–water partition coefficient (Wildman–Crippen LogP) is 2.71. The van der Waals surface area contributed by atoms with Gasteiger partial charge in [0, 0.05) is 31.7 Å². The molecule has 1 aliphatic rings. The molecule has 21 heavy (non-hydrogen) atoms. The van der Waals surface area contributed by atoms with Crippen LogP contribution in [0.5, 0.6) is 0 Å². The molecule has 3 nitrogen and oxygen atoms in total. The molecular weight excluding hydrogens is 258 g/mol. The second-order valence-electron chi connectivity index (χ2n) is 6.50. The van der Waals surface area contributed by atoms with Gasteiger partial charge in [0.25, 0.3) is 0 Å². The summed E-state index contributed by atoms with van der Waals surface area (Å²) in [5.41, 5.74) is 7.75. The van der Waals surface area contributed by atoms with Gasteiger partial charge in [-0.15, -0.1) is 0 Å². The van der Waals surface area contributed by atoms with Crippen molar-refractivity contribution in [2.24, 2.45) is 5.73 Å². The van der Waals surface area contributed by atoms with E-state index < -0.39 is 0 Å². The SMILES string of the molecule is CCCCCN(C)C1(CN)CCN(Cc2ccccc2)C1. The third-order valence-corrected chi connectivity index (χ3v) is 4.95. The minimum Gasteiger partial charge on any atom is -0.329 e. The van der Waals surface area contributed by atoms with Crippen molar-refractivity contribution in [1.29, 1.82) is 0 Å². The van der Waals surface area contributed by atoms with Crippen molar-refractivity contribution in [3.63, 3.8) is 0 Å². The number of benzene rings is 1. The molecule has 1 heterocycles. The molecule has 0 bridgehead atoms. The van der Waals surface area contributed by atoms with Gasteiger partial charge in [-0.1, -0.05) is 50.1 Å². The smallest absolute Gasteiger partial charge is 0.0467 e. The molecule has 0 aliphatic carbocycles. The second-order valence-corrected chi connectivity index (χ2v) is 6.50. The third kappa shape index (κ3) is 4.29. The van der Waals surface area contributed by atoms with E-state index in [1.807, 2.05) is 0 Å². The van der Waals surface area contributed by atoms with Crippen LogP contribution in [-0.2, 0) is 6.54 Å². The topological polar surface area (TPSA) is 32.5 Å². The van der Waals surface area contributed by atoms with E-state index in [0.29, 0.717) is 0 Å². The lowest BCUT2D eigenvalue weighted by Crippen LogP contribution is -2.54. The van der Waals surface area contributed by atoms with Gasteiger partial charge in [0.05, 0.1) is 0 Å². The van der Waals surface area contributed by atoms with E-state index in [1.54, 1.807) is 0 Å². The number of hydrogen-bond acceptors (Lipinski definition) is 3. The number of likely N-dealkylation sites (N-methyl/N-ethyl adjacent to an activating group) is 1. The van der Waals surface area contributed by atoms with Crippen LogP contribution >= 0.6 is 0 Å². The van der Waals surface area contributed by atoms with Gasteiger partial charge in [0.1, 0.15) is 0 Å². The molecule has 0 amide bonds. The van der Waals surface area contributed by atoms with Crippen LogP contribution in [0.15, 0.2) is 30.3 Å². The van der Waals surface area contributed by atoms with Crippen LogP contribution in [0.3, 0.4) is 0 Å². The highest BCUT2D eigenvalue weighted by Gasteiger charge is 2.39. The zero-order valence-corrected chi connectivity index (χ0v) is 13.7. The first-order chi connectivity index (χ1) is 10.2. The zero-order chi connectivity index (χ0) is 15.1. The summed E-state index contributed by atoms with van der Waals surface area (Å²) >= 11 is 0. The Hall–Kier alpha value is -0.900. The second kappa shape index (κ2) is 7.92. The molecule has 118 valence electrons. The molecule has 0 aromatic heterocycles. The van der Waals surface area contributed by atoms with Gasteiger partial charge >= 0.3 is 0 Å². The van der Waals surface area contributed by atoms with Gasteiger partial charge in [-0.05, 0) is 32.0 Å². The molecule has 0 spiro atoms. The Morgan fingerprint density at radius 1 is 1.24 bits per heavy atom. The standard InChI is InChI=1S/C18H31N3/c1-3-4-8-12-20(2)18(15-19)11-13-21(16-18)14-17-9-6-5-7-10-17/h5-7,9-10H,3-4,8,11-16,19H2,1-2H3. The van der Waals surface area contributed by atoms with Crippen molar-refractivity contribution < 1.29 is 0 Å². The Balaban J connectivity index is 1.90. The number of hydrogen-bond donors (Lipinski definition) is 1. The number of nitrogens with zero attached hydrogens (tertiary/aromatic N) is 2. The Labute approximate surface area is 130 Å². The van der Waals surface area contributed by atoms with Crippen LogP contribution < -0.4 is 5.73 Å². The van der Waals surface area contributed by atoms with E-state index in [9.17, 15) is 0 Å². The van der Waals surface area contributed by atoms with Gasteiger partial charge < -0.3 is 5.73 Å². The Morgan fingerprint density at radius 2 is 2.00 bits per heavy atom. The number of unbranched alkanes of at least 4 members (excludes halogenated alkanes) is 2. The molecule has 0 radical (unpaired) electrons. The summed E-state index contributed by atoms with van der Waals surface area (Å²) in [6.07, 6.45) is 5.08. The average Bonchev–Trinajstić information content (AvgIpc) is 2.93. The number of rotatable bonds is 8. The van der Waals surface area contributed by atoms with E-state index in [4.69, 9.17) is 5.73 Å². The number of nitrogens with two attached hydrogens (primary N) is 1. The van der Waals surface area contributed by atoms with Crippen LogP contribution in [0.1, 0.15) is 38.2 Å². The number of likely N-dealkylation sites (tertiary alicyclic amines) is 1. The molecule has 0 saturated carbocycles. The predicted molar refractivity (Wildman–Crippen MR) is 90.3 cm³/mol. The first-order valence-corrected chi connectivity index (χ1v) is 8.38. The molecule has 1 aromatic carbocycles. The Bertz CT molecular complexity index is 406. The van der Waals surface area contributed by atoms with Crippen molar-refractivity contribution in [1.82, 2.24) is 9.80 Å². The summed E-state index contributed by atoms with van der Waals surface area (Å²) in [7, 11) is 2.26. The highest BCUT2D eigenvalue weighted by molar-refractivity contribution is 5.15. The van der Waals surface area contributed by atoms with Gasteiger partial charge in [0.2, 0.25) is 0 Å². The minimum atomic E-state index is 0.183. The lowest BCUT2D eigenvalue weighted by Gasteiger charge is -2.38. The third-order valence-electron chi connectivity index (χ3n) is 4.95. The summed E-state index contributed by atoms with van der Waals surface area (Å²) in [5, 5.41) is 0. The Kier molecular flexibility index (Phi) is 6.22. The van der Waals surface area contributed by atoms with Gasteiger partial charge in [-0.3, -0.25) is 9.80 Å². The largest absolute Gasteiger partial charge is 0.329 e. The summed E-state index contributed by atoms with van der Waals surface area (Å²) in [4.78, 5) is 5.08. The molecule has 1 atom stereocenters. The van der Waals surface area contributed by atoms with E-state index in [0.717, 1.165) is 26.2 Å². The monoisotopic (exact) mass is 289 g/mol. The fourth-order valence-corrected chi connectivity index (χ4v) is 3.39. The fourth-order valence-electron chi connectivity index (χ4n) is 3.39. The highest BCUT2D eigenvalue weighted by atomic mass is 15.3. The van der Waals surface area contributed by atoms with Crippen LogP contribution in [0.2, 0.25) is 0 Å². The van der Waals surface area contributed by atoms with Gasteiger partial charge in [-0.2, -0.15) is 0 Å². The Morgan fingerprint density at radius 3 is 2.67 bits per heavy atom. The van der Waals surface area contributed by atoms with Crippen molar-refractivity contribution in [3.8, 4) is 0 Å². The zero-order valence-electron chi connectivity index (χ0n) is 13.7. The lowest BCUT2D eigenvalue weighted by atomic mass is 9.96. The van der Waals surface area contributed by atoms with Crippen molar-refractivity contribution >= 4 is 0 Å². The quantitative estimate of drug-likeness (QED) is 0.747. The molecule has 1 aliphatic heterocycles. The normalized spacial score (nSPS) is 23.0. The maximum Gasteiger partial charge on any atom is 0.0467 e. The van der Waals surface area contributed by atoms with Gasteiger partial charge in [0.15, 0.2) is 0 Å². The first kappa shape index (κ1) is 16.5. The van der Waals surface area contributed by atoms with Crippen LogP contribution in [-0.4, -0.2) is 48.6 Å². The molecule has 2 N–H and O–H groups in total. The first-order valence-electron chi connectivity index (χ1n) is 8.38.